The van der Waals surface area contributed by atoms with Gasteiger partial charge >= 0.3 is 5.97 Å². The maximum Gasteiger partial charge on any atom is 0.338 e. The molecule has 0 aliphatic carbocycles. The molecule has 0 bridgehead atoms. The Morgan fingerprint density at radius 1 is 1.04 bits per heavy atom. The summed E-state index contributed by atoms with van der Waals surface area (Å²) in [5.74, 6) is -0.343. The summed E-state index contributed by atoms with van der Waals surface area (Å²) in [5, 5.41) is 2.75. The van der Waals surface area contributed by atoms with E-state index in [1.54, 1.807) is 18.2 Å². The van der Waals surface area contributed by atoms with Gasteiger partial charge in [0.05, 0.1) is 12.7 Å². The lowest BCUT2D eigenvalue weighted by Crippen LogP contribution is -2.21. The number of hydrogen-bond donors (Lipinski definition) is 1. The lowest BCUT2D eigenvalue weighted by atomic mass is 10.1. The van der Waals surface area contributed by atoms with E-state index in [2.05, 4.69) is 5.32 Å². The quantitative estimate of drug-likeness (QED) is 0.855. The molecule has 0 spiro atoms. The van der Waals surface area contributed by atoms with E-state index >= 15 is 0 Å². The minimum absolute atomic E-state index is 0.344. The minimum atomic E-state index is -0.565. The highest BCUT2D eigenvalue weighted by Gasteiger charge is 2.13. The first kappa shape index (κ1) is 17.5. The smallest absolute Gasteiger partial charge is 0.338 e. The van der Waals surface area contributed by atoms with Crippen molar-refractivity contribution >= 4 is 17.6 Å². The van der Waals surface area contributed by atoms with Crippen molar-refractivity contribution in [2.75, 3.05) is 19.0 Å². The Kier molecular flexibility index (Phi) is 5.58. The van der Waals surface area contributed by atoms with Crippen molar-refractivity contribution in [2.24, 2.45) is 0 Å². The highest BCUT2D eigenvalue weighted by molar-refractivity contribution is 5.96. The van der Waals surface area contributed by atoms with Crippen LogP contribution in [0.15, 0.2) is 36.4 Å². The number of anilines is 1. The van der Waals surface area contributed by atoms with Crippen LogP contribution >= 0.6 is 0 Å². The summed E-state index contributed by atoms with van der Waals surface area (Å²) < 4.78 is 10.2. The molecular weight excluding hydrogens is 306 g/mol. The third-order valence-corrected chi connectivity index (χ3v) is 3.86. The highest BCUT2D eigenvalue weighted by atomic mass is 16.5. The largest absolute Gasteiger partial charge is 0.496 e. The lowest BCUT2D eigenvalue weighted by Gasteiger charge is -2.11. The second-order valence-corrected chi connectivity index (χ2v) is 5.56. The Morgan fingerprint density at radius 2 is 1.79 bits per heavy atom. The van der Waals surface area contributed by atoms with Crippen molar-refractivity contribution in [2.45, 2.75) is 20.8 Å². The van der Waals surface area contributed by atoms with Crippen LogP contribution in [0.1, 0.15) is 27.0 Å². The number of carbonyl (C=O) groups is 2. The van der Waals surface area contributed by atoms with Crippen molar-refractivity contribution in [3.05, 3.63) is 58.7 Å². The van der Waals surface area contributed by atoms with Gasteiger partial charge in [-0.2, -0.15) is 0 Å². The van der Waals surface area contributed by atoms with Gasteiger partial charge in [-0.15, -0.1) is 0 Å². The van der Waals surface area contributed by atoms with Crippen molar-refractivity contribution in [3.8, 4) is 5.75 Å². The Bertz CT molecular complexity index is 768. The average molecular weight is 327 g/mol. The Hall–Kier alpha value is -2.82. The molecule has 0 heterocycles. The van der Waals surface area contributed by atoms with Gasteiger partial charge in [-0.25, -0.2) is 4.79 Å². The fourth-order valence-corrected chi connectivity index (χ4v) is 2.23. The van der Waals surface area contributed by atoms with E-state index in [-0.39, 0.29) is 12.5 Å². The second kappa shape index (κ2) is 7.64. The number of amides is 1. The van der Waals surface area contributed by atoms with Crippen LogP contribution in [0.4, 0.5) is 5.69 Å². The van der Waals surface area contributed by atoms with Gasteiger partial charge in [0.25, 0.3) is 5.91 Å². The second-order valence-electron chi connectivity index (χ2n) is 5.56. The van der Waals surface area contributed by atoms with Gasteiger partial charge in [-0.1, -0.05) is 18.2 Å². The molecule has 5 heteroatoms. The molecule has 1 amide bonds. The Morgan fingerprint density at radius 3 is 2.50 bits per heavy atom. The van der Waals surface area contributed by atoms with Crippen LogP contribution in [-0.2, 0) is 9.53 Å². The fraction of sp³-hybridized carbons (Fsp3) is 0.263. The van der Waals surface area contributed by atoms with Crippen LogP contribution in [0, 0.1) is 20.8 Å². The van der Waals surface area contributed by atoms with Crippen LogP contribution in [0.2, 0.25) is 0 Å². The SMILES string of the molecule is COc1cc(C(=O)OCC(=O)Nc2cccc(C)c2C)ccc1C. The van der Waals surface area contributed by atoms with Gasteiger partial charge in [-0.3, -0.25) is 4.79 Å². The van der Waals surface area contributed by atoms with E-state index in [0.29, 0.717) is 17.0 Å². The predicted octanol–water partition coefficient (Wildman–Crippen LogP) is 3.42. The Balaban J connectivity index is 1.96. The summed E-state index contributed by atoms with van der Waals surface area (Å²) in [6, 6.07) is 10.7. The molecule has 0 unspecified atom stereocenters. The molecule has 0 aromatic heterocycles. The summed E-state index contributed by atoms with van der Waals surface area (Å²) in [6.45, 7) is 5.43. The zero-order chi connectivity index (χ0) is 17.7. The van der Waals surface area contributed by atoms with Crippen molar-refractivity contribution in [3.63, 3.8) is 0 Å². The standard InChI is InChI=1S/C19H21NO4/c1-12-6-5-7-16(14(12)3)20-18(21)11-24-19(22)15-9-8-13(2)17(10-15)23-4/h5-10H,11H2,1-4H3,(H,20,21). The van der Waals surface area contributed by atoms with Gasteiger partial charge in [0.15, 0.2) is 6.61 Å². The van der Waals surface area contributed by atoms with Crippen LogP contribution in [0.5, 0.6) is 5.75 Å². The van der Waals surface area contributed by atoms with Crippen molar-refractivity contribution in [1.29, 1.82) is 0 Å². The molecule has 0 atom stereocenters. The van der Waals surface area contributed by atoms with Gasteiger partial charge in [0.1, 0.15) is 5.75 Å². The first-order valence-electron chi connectivity index (χ1n) is 7.60. The van der Waals surface area contributed by atoms with E-state index in [0.717, 1.165) is 16.7 Å². The number of benzene rings is 2. The molecule has 2 aromatic rings. The van der Waals surface area contributed by atoms with Crippen LogP contribution in [0.3, 0.4) is 0 Å². The molecule has 0 fully saturated rings. The van der Waals surface area contributed by atoms with Crippen molar-refractivity contribution < 1.29 is 19.1 Å². The van der Waals surface area contributed by atoms with E-state index in [4.69, 9.17) is 9.47 Å². The minimum Gasteiger partial charge on any atom is -0.496 e. The van der Waals surface area contributed by atoms with Crippen LogP contribution in [0.25, 0.3) is 0 Å². The van der Waals surface area contributed by atoms with Gasteiger partial charge in [-0.05, 0) is 55.7 Å². The number of ether oxygens (including phenoxy) is 2. The zero-order valence-corrected chi connectivity index (χ0v) is 14.3. The van der Waals surface area contributed by atoms with Gasteiger partial charge in [0, 0.05) is 5.69 Å². The molecule has 2 rings (SSSR count). The summed E-state index contributed by atoms with van der Waals surface area (Å²) in [5.41, 5.74) is 4.05. The lowest BCUT2D eigenvalue weighted by molar-refractivity contribution is -0.119. The normalized spacial score (nSPS) is 10.2. The van der Waals surface area contributed by atoms with Crippen molar-refractivity contribution in [1.82, 2.24) is 0 Å². The zero-order valence-electron chi connectivity index (χ0n) is 14.3. The molecule has 0 aliphatic heterocycles. The number of rotatable bonds is 5. The third-order valence-electron chi connectivity index (χ3n) is 3.86. The highest BCUT2D eigenvalue weighted by Crippen LogP contribution is 2.20. The number of methoxy groups -OCH3 is 1. The molecule has 0 radical (unpaired) electrons. The molecule has 24 heavy (non-hydrogen) atoms. The van der Waals surface area contributed by atoms with E-state index < -0.39 is 5.97 Å². The number of esters is 1. The predicted molar refractivity (Wildman–Crippen MR) is 92.6 cm³/mol. The number of aryl methyl sites for hydroxylation is 2. The summed E-state index contributed by atoms with van der Waals surface area (Å²) >= 11 is 0. The molecule has 0 saturated carbocycles. The maximum atomic E-state index is 12.0. The van der Waals surface area contributed by atoms with Crippen LogP contribution in [-0.4, -0.2) is 25.6 Å². The van der Waals surface area contributed by atoms with E-state index in [1.807, 2.05) is 39.0 Å². The third kappa shape index (κ3) is 4.13. The monoisotopic (exact) mass is 327 g/mol. The molecule has 126 valence electrons. The fourth-order valence-electron chi connectivity index (χ4n) is 2.23. The summed E-state index contributed by atoms with van der Waals surface area (Å²) in [6.07, 6.45) is 0. The number of carbonyl (C=O) groups excluding carboxylic acids is 2. The molecule has 0 aliphatic rings. The summed E-state index contributed by atoms with van der Waals surface area (Å²) in [7, 11) is 1.54. The Labute approximate surface area is 141 Å². The molecule has 2 aromatic carbocycles. The van der Waals surface area contributed by atoms with E-state index in [9.17, 15) is 9.59 Å². The molecule has 0 saturated heterocycles. The maximum absolute atomic E-state index is 12.0. The molecule has 1 N–H and O–H groups in total. The number of nitrogens with one attached hydrogen (secondary N) is 1. The van der Waals surface area contributed by atoms with E-state index in [1.165, 1.54) is 7.11 Å². The first-order valence-corrected chi connectivity index (χ1v) is 7.60. The average Bonchev–Trinajstić information content (AvgIpc) is 2.57. The van der Waals surface area contributed by atoms with Gasteiger partial charge in [0.2, 0.25) is 0 Å². The van der Waals surface area contributed by atoms with Gasteiger partial charge < -0.3 is 14.8 Å². The first-order chi connectivity index (χ1) is 11.4. The topological polar surface area (TPSA) is 64.6 Å². The molecular formula is C19H21NO4. The van der Waals surface area contributed by atoms with Crippen LogP contribution < -0.4 is 10.1 Å². The molecule has 5 nitrogen and oxygen atoms in total. The summed E-state index contributed by atoms with van der Waals surface area (Å²) in [4.78, 5) is 24.0. The number of hydrogen-bond acceptors (Lipinski definition) is 4.